The smallest absolute Gasteiger partial charge is 0.249 e. The molecule has 4 saturated heterocycles. The Kier molecular flexibility index (Phi) is 11.1. The second-order valence-corrected chi connectivity index (χ2v) is 19.5. The third-order valence-corrected chi connectivity index (χ3v) is 15.0. The molecule has 16 heteroatoms. The number of aromatic nitrogens is 5. The van der Waals surface area contributed by atoms with Crippen molar-refractivity contribution < 1.29 is 18.8 Å². The molecule has 3 amide bonds. The molecule has 10 rings (SSSR count). The van der Waals surface area contributed by atoms with Gasteiger partial charge >= 0.3 is 0 Å². The van der Waals surface area contributed by atoms with Gasteiger partial charge in [-0.15, -0.1) is 0 Å². The van der Waals surface area contributed by atoms with Crippen LogP contribution in [0.2, 0.25) is 0 Å². The number of carbonyl (C=O) groups is 3. The predicted molar refractivity (Wildman–Crippen MR) is 246 cm³/mol. The molecule has 0 bridgehead atoms. The second kappa shape index (κ2) is 16.9. The van der Waals surface area contributed by atoms with E-state index in [1.165, 1.54) is 6.07 Å². The lowest BCUT2D eigenvalue weighted by Gasteiger charge is -2.61. The summed E-state index contributed by atoms with van der Waals surface area (Å²) in [6.45, 7) is 11.4. The van der Waals surface area contributed by atoms with E-state index in [1.807, 2.05) is 44.6 Å². The van der Waals surface area contributed by atoms with E-state index in [0.29, 0.717) is 40.9 Å². The van der Waals surface area contributed by atoms with Crippen LogP contribution in [0, 0.1) is 28.0 Å². The van der Waals surface area contributed by atoms with Crippen LogP contribution in [0.3, 0.4) is 0 Å². The number of anilines is 3. The van der Waals surface area contributed by atoms with Gasteiger partial charge in [-0.05, 0) is 107 Å². The number of amides is 3. The Bertz CT molecular complexity index is 2660. The van der Waals surface area contributed by atoms with Crippen LogP contribution in [0.5, 0.6) is 0 Å². The first kappa shape index (κ1) is 42.6. The Morgan fingerprint density at radius 3 is 2.38 bits per heavy atom. The molecule has 1 unspecified atom stereocenters. The molecule has 4 aliphatic heterocycles. The highest BCUT2D eigenvalue weighted by Crippen LogP contribution is 2.55. The molecular formula is C49H57FN12O3. The normalized spacial score (nSPS) is 21.3. The van der Waals surface area contributed by atoms with E-state index in [4.69, 9.17) is 10.1 Å². The zero-order chi connectivity index (χ0) is 45.0. The molecule has 0 radical (unpaired) electrons. The van der Waals surface area contributed by atoms with E-state index in [9.17, 15) is 19.6 Å². The number of carbonyl (C=O) groups excluding carboxylic acids is 3. The molecule has 65 heavy (non-hydrogen) atoms. The second-order valence-electron chi connectivity index (χ2n) is 19.5. The number of rotatable bonds is 11. The summed E-state index contributed by atoms with van der Waals surface area (Å²) in [6, 6.07) is 14.0. The molecule has 1 atom stereocenters. The summed E-state index contributed by atoms with van der Waals surface area (Å²) in [7, 11) is 0. The molecule has 5 aliphatic rings. The number of hydrogen-bond donors (Lipinski definition) is 3. The maximum Gasteiger partial charge on any atom is 0.249 e. The first-order valence-electron chi connectivity index (χ1n) is 23.3. The van der Waals surface area contributed by atoms with E-state index in [-0.39, 0.29) is 41.4 Å². The Morgan fingerprint density at radius 1 is 0.923 bits per heavy atom. The van der Waals surface area contributed by atoms with Gasteiger partial charge in [-0.25, -0.2) is 13.9 Å². The van der Waals surface area contributed by atoms with E-state index >= 15 is 4.39 Å². The molecule has 5 aromatic rings. The van der Waals surface area contributed by atoms with Crippen LogP contribution in [-0.4, -0.2) is 104 Å². The van der Waals surface area contributed by atoms with Crippen LogP contribution in [0.25, 0.3) is 27.8 Å². The Balaban J connectivity index is 0.744. The van der Waals surface area contributed by atoms with Crippen molar-refractivity contribution in [1.82, 2.24) is 39.9 Å². The number of piperidine rings is 3. The number of fused-ring (bicyclic) bond motifs is 1. The number of nitriles is 1. The first-order chi connectivity index (χ1) is 31.4. The number of hydrogen-bond acceptors (Lipinski definition) is 11. The van der Waals surface area contributed by atoms with E-state index in [1.54, 1.807) is 16.8 Å². The van der Waals surface area contributed by atoms with Crippen LogP contribution in [0.1, 0.15) is 90.2 Å². The van der Waals surface area contributed by atoms with E-state index in [0.717, 1.165) is 118 Å². The highest BCUT2D eigenvalue weighted by Gasteiger charge is 2.54. The van der Waals surface area contributed by atoms with Gasteiger partial charge in [0.05, 0.1) is 40.6 Å². The van der Waals surface area contributed by atoms with Crippen molar-refractivity contribution in [3.05, 3.63) is 78.8 Å². The average Bonchev–Trinajstić information content (AvgIpc) is 3.94. The summed E-state index contributed by atoms with van der Waals surface area (Å²) in [5, 5.41) is 28.0. The number of nitrogens with one attached hydrogen (secondary N) is 3. The van der Waals surface area contributed by atoms with Gasteiger partial charge in [0.2, 0.25) is 17.7 Å². The molecule has 5 fully saturated rings. The Labute approximate surface area is 378 Å². The van der Waals surface area contributed by atoms with Crippen LogP contribution >= 0.6 is 0 Å². The third kappa shape index (κ3) is 8.08. The molecule has 3 N–H and O–H groups in total. The largest absolute Gasteiger partial charge is 0.374 e. The highest BCUT2D eigenvalue weighted by molar-refractivity contribution is 6.01. The summed E-state index contributed by atoms with van der Waals surface area (Å²) in [5.74, 6) is 0.0668. The number of likely N-dealkylation sites (tertiary alicyclic amines) is 1. The summed E-state index contributed by atoms with van der Waals surface area (Å²) in [6.07, 6.45) is 16.7. The third-order valence-electron chi connectivity index (χ3n) is 15.0. The summed E-state index contributed by atoms with van der Waals surface area (Å²) in [5.41, 5.74) is 6.03. The zero-order valence-corrected chi connectivity index (χ0v) is 37.4. The maximum absolute atomic E-state index is 15.3. The van der Waals surface area contributed by atoms with Crippen LogP contribution in [0.15, 0.2) is 67.4 Å². The van der Waals surface area contributed by atoms with Crippen LogP contribution in [0.4, 0.5) is 21.6 Å². The number of pyridine rings is 2. The van der Waals surface area contributed by atoms with Crippen molar-refractivity contribution in [2.45, 2.75) is 103 Å². The van der Waals surface area contributed by atoms with Gasteiger partial charge in [0.1, 0.15) is 23.7 Å². The lowest BCUT2D eigenvalue weighted by Crippen LogP contribution is -2.65. The van der Waals surface area contributed by atoms with Gasteiger partial charge in [-0.2, -0.15) is 15.5 Å². The summed E-state index contributed by atoms with van der Waals surface area (Å²) in [4.78, 5) is 48.7. The summed E-state index contributed by atoms with van der Waals surface area (Å²) < 4.78 is 19.2. The fourth-order valence-corrected chi connectivity index (χ4v) is 11.1. The van der Waals surface area contributed by atoms with E-state index < -0.39 is 6.04 Å². The minimum absolute atomic E-state index is 0.115. The van der Waals surface area contributed by atoms with Crippen molar-refractivity contribution in [2.75, 3.05) is 54.4 Å². The lowest BCUT2D eigenvalue weighted by atomic mass is 9.60. The minimum Gasteiger partial charge on any atom is -0.374 e. The lowest BCUT2D eigenvalue weighted by molar-refractivity contribution is -0.134. The van der Waals surface area contributed by atoms with Crippen molar-refractivity contribution in [2.24, 2.45) is 10.8 Å². The molecule has 338 valence electrons. The number of imide groups is 1. The van der Waals surface area contributed by atoms with Crippen LogP contribution < -0.4 is 25.8 Å². The molecule has 1 saturated carbocycles. The van der Waals surface area contributed by atoms with Gasteiger partial charge in [0.25, 0.3) is 0 Å². The van der Waals surface area contributed by atoms with Gasteiger partial charge in [0.15, 0.2) is 0 Å². The average molecular weight is 881 g/mol. The Morgan fingerprint density at radius 2 is 1.71 bits per heavy atom. The van der Waals surface area contributed by atoms with Gasteiger partial charge in [0, 0.05) is 104 Å². The van der Waals surface area contributed by atoms with Crippen molar-refractivity contribution in [3.8, 4) is 28.3 Å². The first-order valence-corrected chi connectivity index (χ1v) is 23.3. The summed E-state index contributed by atoms with van der Waals surface area (Å²) >= 11 is 0. The molecule has 1 aliphatic carbocycles. The highest BCUT2D eigenvalue weighted by atomic mass is 19.1. The van der Waals surface area contributed by atoms with Crippen molar-refractivity contribution >= 4 is 40.4 Å². The van der Waals surface area contributed by atoms with Gasteiger partial charge in [-0.1, -0.05) is 6.92 Å². The molecule has 1 aromatic carbocycles. The number of benzene rings is 1. The van der Waals surface area contributed by atoms with Crippen molar-refractivity contribution in [1.29, 1.82) is 5.26 Å². The molecule has 8 heterocycles. The number of halogens is 1. The van der Waals surface area contributed by atoms with Gasteiger partial charge < -0.3 is 20.4 Å². The quantitative estimate of drug-likeness (QED) is 0.127. The van der Waals surface area contributed by atoms with Gasteiger partial charge in [-0.3, -0.25) is 29.3 Å². The predicted octanol–water partition coefficient (Wildman–Crippen LogP) is 6.31. The minimum atomic E-state index is -0.550. The standard InChI is InChI=1S/C49H57FN12O3/c1-4-49(47(65)55-31(2)3)13-17-59(18-14-49)43-9-5-32(24-52-43)39-19-33(27-62-45(39)34(23-51)25-54-62)35-26-53-61(28-35)38-21-48(22-38)29-60(30-48)37-11-15-58(16-12-37)42-8-6-36(20-40(42)50)56-41-7-10-44(63)57-46(41)64/h5-6,8-9,19-20,24-28,31,37-38,41,56H,4,7,10-18,21-22,29-30H2,1-3H3,(H,55,65)(H,57,63,64). The monoisotopic (exact) mass is 880 g/mol. The Hall–Kier alpha value is -6.34. The maximum atomic E-state index is 15.3. The van der Waals surface area contributed by atoms with Crippen molar-refractivity contribution in [3.63, 3.8) is 0 Å². The molecule has 15 nitrogen and oxygen atoms in total. The number of nitrogens with zero attached hydrogens (tertiary/aromatic N) is 9. The fourth-order valence-electron chi connectivity index (χ4n) is 11.1. The molecular weight excluding hydrogens is 824 g/mol. The fraction of sp³-hybridized carbons (Fsp3) is 0.490. The van der Waals surface area contributed by atoms with E-state index in [2.05, 4.69) is 71.8 Å². The molecule has 1 spiro atoms. The zero-order valence-electron chi connectivity index (χ0n) is 37.4. The molecule has 4 aromatic heterocycles. The SMILES string of the molecule is CCC1(C(=O)NC(C)C)CCN(c2ccc(-c3cc(-c4cnn(C5CC6(C5)CN(C5CCN(c7ccc(NC8CCC(=O)NC8=O)cc7F)CC5)C6)c4)cn4ncc(C#N)c34)cn2)CC1. The topological polar surface area (TPSA) is 169 Å². The van der Waals surface area contributed by atoms with Crippen LogP contribution in [-0.2, 0) is 14.4 Å².